The van der Waals surface area contributed by atoms with Gasteiger partial charge in [0, 0.05) is 24.1 Å². The minimum atomic E-state index is -0.241. The van der Waals surface area contributed by atoms with Crippen LogP contribution in [0.4, 0.5) is 10.1 Å². The van der Waals surface area contributed by atoms with E-state index in [-0.39, 0.29) is 5.82 Å². The Labute approximate surface area is 115 Å². The van der Waals surface area contributed by atoms with E-state index in [1.165, 1.54) is 11.8 Å². The van der Waals surface area contributed by atoms with Crippen molar-refractivity contribution in [2.45, 2.75) is 26.4 Å². The van der Waals surface area contributed by atoms with Gasteiger partial charge in [-0.05, 0) is 52.7 Å². The summed E-state index contributed by atoms with van der Waals surface area (Å²) in [7, 11) is 0. The summed E-state index contributed by atoms with van der Waals surface area (Å²) in [6, 6.07) is 9.10. The minimum Gasteiger partial charge on any atom is -0.379 e. The molecule has 1 heterocycles. The Morgan fingerprint density at radius 1 is 1.33 bits per heavy atom. The first-order chi connectivity index (χ1) is 8.70. The monoisotopic (exact) mass is 310 g/mol. The molecule has 0 fully saturated rings. The Balaban J connectivity index is 2.02. The van der Waals surface area contributed by atoms with E-state index in [1.807, 2.05) is 6.07 Å². The molecule has 0 amide bonds. The normalized spacial score (nSPS) is 10.6. The van der Waals surface area contributed by atoms with Crippen molar-refractivity contribution < 1.29 is 4.39 Å². The molecule has 18 heavy (non-hydrogen) atoms. The van der Waals surface area contributed by atoms with E-state index in [2.05, 4.69) is 45.0 Å². The van der Waals surface area contributed by atoms with E-state index >= 15 is 0 Å². The standard InChI is InChI=1S/C14H16BrFN2/c1-2-7-18-8-3-4-12(18)10-17-11-5-6-14(16)13(15)9-11/h3-6,8-9,17H,2,7,10H2,1H3. The van der Waals surface area contributed by atoms with Gasteiger partial charge in [0.15, 0.2) is 0 Å². The van der Waals surface area contributed by atoms with E-state index in [1.54, 1.807) is 12.1 Å². The molecule has 4 heteroatoms. The van der Waals surface area contributed by atoms with Gasteiger partial charge < -0.3 is 9.88 Å². The van der Waals surface area contributed by atoms with Crippen LogP contribution in [0, 0.1) is 5.82 Å². The van der Waals surface area contributed by atoms with Gasteiger partial charge in [-0.25, -0.2) is 4.39 Å². The van der Waals surface area contributed by atoms with Crippen LogP contribution in [0.1, 0.15) is 19.0 Å². The quantitative estimate of drug-likeness (QED) is 0.865. The van der Waals surface area contributed by atoms with Gasteiger partial charge in [0.1, 0.15) is 5.82 Å². The smallest absolute Gasteiger partial charge is 0.137 e. The van der Waals surface area contributed by atoms with E-state index < -0.39 is 0 Å². The number of anilines is 1. The Kier molecular flexibility index (Phi) is 4.42. The number of halogens is 2. The number of nitrogens with zero attached hydrogens (tertiary/aromatic N) is 1. The van der Waals surface area contributed by atoms with Crippen molar-refractivity contribution in [3.8, 4) is 0 Å². The second-order valence-corrected chi connectivity index (χ2v) is 5.03. The van der Waals surface area contributed by atoms with Gasteiger partial charge in [-0.2, -0.15) is 0 Å². The third-order valence-electron chi connectivity index (χ3n) is 2.78. The Bertz CT molecular complexity index is 522. The fraction of sp³-hybridized carbons (Fsp3) is 0.286. The highest BCUT2D eigenvalue weighted by Gasteiger charge is 2.02. The number of rotatable bonds is 5. The molecule has 1 N–H and O–H groups in total. The van der Waals surface area contributed by atoms with Crippen LogP contribution in [-0.4, -0.2) is 4.57 Å². The van der Waals surface area contributed by atoms with Gasteiger partial charge in [-0.3, -0.25) is 0 Å². The number of hydrogen-bond acceptors (Lipinski definition) is 1. The Morgan fingerprint density at radius 2 is 2.17 bits per heavy atom. The summed E-state index contributed by atoms with van der Waals surface area (Å²) in [5.41, 5.74) is 2.14. The number of aryl methyl sites for hydroxylation is 1. The average Bonchev–Trinajstić information content (AvgIpc) is 2.79. The highest BCUT2D eigenvalue weighted by Crippen LogP contribution is 2.20. The molecule has 1 aromatic carbocycles. The molecule has 0 aliphatic carbocycles. The molecule has 96 valence electrons. The second kappa shape index (κ2) is 6.05. The molecule has 0 radical (unpaired) electrons. The number of hydrogen-bond donors (Lipinski definition) is 1. The summed E-state index contributed by atoms with van der Waals surface area (Å²) in [5, 5.41) is 3.30. The summed E-state index contributed by atoms with van der Waals surface area (Å²) in [5.74, 6) is -0.241. The fourth-order valence-electron chi connectivity index (χ4n) is 1.87. The van der Waals surface area contributed by atoms with Crippen LogP contribution in [0.2, 0.25) is 0 Å². The van der Waals surface area contributed by atoms with Crippen molar-refractivity contribution in [3.63, 3.8) is 0 Å². The third kappa shape index (κ3) is 3.13. The molecule has 1 aromatic heterocycles. The number of benzene rings is 1. The van der Waals surface area contributed by atoms with Crippen molar-refractivity contribution >= 4 is 21.6 Å². The number of nitrogens with one attached hydrogen (secondary N) is 1. The SMILES string of the molecule is CCCn1cccc1CNc1ccc(F)c(Br)c1. The lowest BCUT2D eigenvalue weighted by atomic mass is 10.3. The molecule has 0 aliphatic heterocycles. The van der Waals surface area contributed by atoms with Crippen LogP contribution in [0.15, 0.2) is 41.0 Å². The molecular formula is C14H16BrFN2. The lowest BCUT2D eigenvalue weighted by Crippen LogP contribution is -2.06. The molecule has 0 spiro atoms. The van der Waals surface area contributed by atoms with Crippen molar-refractivity contribution in [2.24, 2.45) is 0 Å². The van der Waals surface area contributed by atoms with Crippen LogP contribution < -0.4 is 5.32 Å². The van der Waals surface area contributed by atoms with Crippen LogP contribution in [0.5, 0.6) is 0 Å². The first kappa shape index (κ1) is 13.1. The topological polar surface area (TPSA) is 17.0 Å². The fourth-order valence-corrected chi connectivity index (χ4v) is 2.25. The van der Waals surface area contributed by atoms with E-state index in [4.69, 9.17) is 0 Å². The van der Waals surface area contributed by atoms with Crippen molar-refractivity contribution in [1.82, 2.24) is 4.57 Å². The van der Waals surface area contributed by atoms with Crippen molar-refractivity contribution in [2.75, 3.05) is 5.32 Å². The lowest BCUT2D eigenvalue weighted by Gasteiger charge is -2.10. The second-order valence-electron chi connectivity index (χ2n) is 4.18. The first-order valence-electron chi connectivity index (χ1n) is 6.03. The molecule has 0 saturated heterocycles. The average molecular weight is 311 g/mol. The summed E-state index contributed by atoms with van der Waals surface area (Å²) in [6.07, 6.45) is 3.20. The molecule has 0 atom stereocenters. The zero-order valence-corrected chi connectivity index (χ0v) is 11.9. The zero-order chi connectivity index (χ0) is 13.0. The van der Waals surface area contributed by atoms with Gasteiger partial charge in [-0.15, -0.1) is 0 Å². The van der Waals surface area contributed by atoms with Crippen LogP contribution >= 0.6 is 15.9 Å². The Hall–Kier alpha value is -1.29. The molecular weight excluding hydrogens is 295 g/mol. The van der Waals surface area contributed by atoms with E-state index in [0.717, 1.165) is 25.2 Å². The van der Waals surface area contributed by atoms with Crippen LogP contribution in [0.3, 0.4) is 0 Å². The predicted molar refractivity (Wildman–Crippen MR) is 76.1 cm³/mol. The summed E-state index contributed by atoms with van der Waals surface area (Å²) in [6.45, 7) is 3.93. The summed E-state index contributed by atoms with van der Waals surface area (Å²) < 4.78 is 15.8. The maximum Gasteiger partial charge on any atom is 0.137 e. The molecule has 0 saturated carbocycles. The third-order valence-corrected chi connectivity index (χ3v) is 3.39. The predicted octanol–water partition coefficient (Wildman–Crippen LogP) is 4.41. The van der Waals surface area contributed by atoms with Gasteiger partial charge >= 0.3 is 0 Å². The molecule has 0 bridgehead atoms. The Morgan fingerprint density at radius 3 is 2.89 bits per heavy atom. The summed E-state index contributed by atoms with van der Waals surface area (Å²) in [4.78, 5) is 0. The van der Waals surface area contributed by atoms with Crippen molar-refractivity contribution in [1.29, 1.82) is 0 Å². The summed E-state index contributed by atoms with van der Waals surface area (Å²) >= 11 is 3.18. The molecule has 0 aliphatic rings. The van der Waals surface area contributed by atoms with Crippen molar-refractivity contribution in [3.05, 3.63) is 52.5 Å². The molecule has 2 nitrogen and oxygen atoms in total. The lowest BCUT2D eigenvalue weighted by molar-refractivity contribution is 0.621. The highest BCUT2D eigenvalue weighted by molar-refractivity contribution is 9.10. The van der Waals surface area contributed by atoms with E-state index in [0.29, 0.717) is 4.47 Å². The van der Waals surface area contributed by atoms with Crippen LogP contribution in [0.25, 0.3) is 0 Å². The molecule has 2 rings (SSSR count). The molecule has 2 aromatic rings. The highest BCUT2D eigenvalue weighted by atomic mass is 79.9. The van der Waals surface area contributed by atoms with Gasteiger partial charge in [0.2, 0.25) is 0 Å². The van der Waals surface area contributed by atoms with Gasteiger partial charge in [-0.1, -0.05) is 6.92 Å². The first-order valence-corrected chi connectivity index (χ1v) is 6.83. The van der Waals surface area contributed by atoms with Gasteiger partial charge in [0.25, 0.3) is 0 Å². The largest absolute Gasteiger partial charge is 0.379 e. The number of aromatic nitrogens is 1. The zero-order valence-electron chi connectivity index (χ0n) is 10.3. The van der Waals surface area contributed by atoms with E-state index in [9.17, 15) is 4.39 Å². The minimum absolute atomic E-state index is 0.241. The maximum absolute atomic E-state index is 13.1. The maximum atomic E-state index is 13.1. The van der Waals surface area contributed by atoms with Crippen LogP contribution in [-0.2, 0) is 13.1 Å². The van der Waals surface area contributed by atoms with Gasteiger partial charge in [0.05, 0.1) is 11.0 Å². The molecule has 0 unspecified atom stereocenters.